The number of carbonyl (C=O) groups is 2. The summed E-state index contributed by atoms with van der Waals surface area (Å²) in [6.07, 6.45) is 13.6. The van der Waals surface area contributed by atoms with Gasteiger partial charge in [0.2, 0.25) is 5.78 Å². The van der Waals surface area contributed by atoms with E-state index in [9.17, 15) is 14.7 Å². The molecule has 0 aromatic heterocycles. The van der Waals surface area contributed by atoms with E-state index < -0.39 is 0 Å². The number of aliphatic hydroxyl groups excluding tert-OH is 1. The fraction of sp³-hybridized carbons (Fsp3) is 0.568. The Labute approximate surface area is 251 Å². The highest BCUT2D eigenvalue weighted by Crippen LogP contribution is 2.75. The molecule has 1 aromatic carbocycles. The predicted molar refractivity (Wildman–Crippen MR) is 168 cm³/mol. The number of allylic oxidation sites excluding steroid dienone is 7. The van der Waals surface area contributed by atoms with Gasteiger partial charge in [0, 0.05) is 23.1 Å². The number of rotatable bonds is 3. The van der Waals surface area contributed by atoms with Gasteiger partial charge in [0.25, 0.3) is 0 Å². The third kappa shape index (κ3) is 4.17. The van der Waals surface area contributed by atoms with Crippen molar-refractivity contribution in [3.63, 3.8) is 0 Å². The summed E-state index contributed by atoms with van der Waals surface area (Å²) in [6, 6.07) is 8.21. The summed E-state index contributed by atoms with van der Waals surface area (Å²) in [7, 11) is 0. The average Bonchev–Trinajstić information content (AvgIpc) is 2.94. The molecule has 1 aromatic rings. The van der Waals surface area contributed by atoms with E-state index in [2.05, 4.69) is 88.6 Å². The van der Waals surface area contributed by atoms with E-state index in [0.717, 1.165) is 55.2 Å². The largest absolute Gasteiger partial charge is 0.504 e. The summed E-state index contributed by atoms with van der Waals surface area (Å²) >= 11 is 0. The van der Waals surface area contributed by atoms with Crippen LogP contribution in [0.2, 0.25) is 0 Å². The Hall–Kier alpha value is -3.08. The lowest BCUT2D eigenvalue weighted by atomic mass is 9.35. The van der Waals surface area contributed by atoms with Crippen LogP contribution in [-0.2, 0) is 11.3 Å². The zero-order valence-electron chi connectivity index (χ0n) is 26.5. The molecule has 0 unspecified atom stereocenters. The predicted octanol–water partition coefficient (Wildman–Crippen LogP) is 8.17. The minimum Gasteiger partial charge on any atom is -0.504 e. The number of hydrogen-bond acceptors (Lipinski definition) is 3. The Morgan fingerprint density at radius 3 is 2.33 bits per heavy atom. The van der Waals surface area contributed by atoms with Gasteiger partial charge < -0.3 is 15.7 Å². The maximum atomic E-state index is 13.2. The van der Waals surface area contributed by atoms with Crippen molar-refractivity contribution in [2.45, 2.75) is 105 Å². The quantitative estimate of drug-likeness (QED) is 0.344. The Morgan fingerprint density at radius 1 is 0.929 bits per heavy atom. The number of nitrogens with one attached hydrogen (secondary N) is 2. The second-order valence-electron chi connectivity index (χ2n) is 15.4. The van der Waals surface area contributed by atoms with Gasteiger partial charge in [0.15, 0.2) is 5.76 Å². The SMILES string of the molecule is CC1=C(O)C(=O)C=C2C1=CC=C1[C@@]2(C)CC[C@@]2(C)[C@@H]3C[C@](C)(NC(=O)NCc4ccc(C)cc4)CC[C@]3(C)CC[C@]12C. The molecule has 0 aliphatic heterocycles. The van der Waals surface area contributed by atoms with Crippen LogP contribution in [0.3, 0.4) is 0 Å². The van der Waals surface area contributed by atoms with Gasteiger partial charge in [-0.3, -0.25) is 4.79 Å². The van der Waals surface area contributed by atoms with Crippen LogP contribution in [0.15, 0.2) is 70.5 Å². The minimum atomic E-state index is -0.272. The summed E-state index contributed by atoms with van der Waals surface area (Å²) in [5.41, 5.74) is 6.32. The fourth-order valence-corrected chi connectivity index (χ4v) is 9.78. The molecule has 42 heavy (non-hydrogen) atoms. The van der Waals surface area contributed by atoms with Crippen molar-refractivity contribution >= 4 is 11.8 Å². The molecule has 3 saturated carbocycles. The van der Waals surface area contributed by atoms with E-state index in [1.165, 1.54) is 17.6 Å². The van der Waals surface area contributed by atoms with Crippen molar-refractivity contribution in [2.75, 3.05) is 0 Å². The highest BCUT2D eigenvalue weighted by atomic mass is 16.3. The van der Waals surface area contributed by atoms with Gasteiger partial charge in [-0.1, -0.05) is 75.2 Å². The first-order chi connectivity index (χ1) is 19.6. The van der Waals surface area contributed by atoms with Crippen molar-refractivity contribution in [3.8, 4) is 0 Å². The van der Waals surface area contributed by atoms with Crippen LogP contribution in [-0.4, -0.2) is 22.5 Å². The minimum absolute atomic E-state index is 0.0286. The topological polar surface area (TPSA) is 78.4 Å². The Kier molecular flexibility index (Phi) is 6.53. The van der Waals surface area contributed by atoms with Crippen LogP contribution >= 0.6 is 0 Å². The lowest BCUT2D eigenvalue weighted by molar-refractivity contribution is -0.152. The van der Waals surface area contributed by atoms with Crippen LogP contribution in [0, 0.1) is 34.5 Å². The van der Waals surface area contributed by atoms with E-state index in [1.54, 1.807) is 6.08 Å². The van der Waals surface area contributed by atoms with Crippen molar-refractivity contribution < 1.29 is 14.7 Å². The smallest absolute Gasteiger partial charge is 0.315 e. The molecule has 0 spiro atoms. The maximum Gasteiger partial charge on any atom is 0.315 e. The van der Waals surface area contributed by atoms with Crippen LogP contribution < -0.4 is 10.6 Å². The maximum absolute atomic E-state index is 13.2. The van der Waals surface area contributed by atoms with E-state index in [-0.39, 0.29) is 44.8 Å². The second-order valence-corrected chi connectivity index (χ2v) is 15.4. The molecule has 0 radical (unpaired) electrons. The Balaban J connectivity index is 1.28. The summed E-state index contributed by atoms with van der Waals surface area (Å²) in [5, 5.41) is 16.9. The molecule has 5 nitrogen and oxygen atoms in total. The fourth-order valence-electron chi connectivity index (χ4n) is 9.78. The molecule has 5 heteroatoms. The normalized spacial score (nSPS) is 39.1. The van der Waals surface area contributed by atoms with E-state index >= 15 is 0 Å². The zero-order valence-corrected chi connectivity index (χ0v) is 26.5. The summed E-state index contributed by atoms with van der Waals surface area (Å²) in [5.74, 6) is 0.0672. The first kappa shape index (κ1) is 29.0. The molecule has 3 fully saturated rings. The summed E-state index contributed by atoms with van der Waals surface area (Å²) < 4.78 is 0. The van der Waals surface area contributed by atoms with Crippen molar-refractivity contribution in [1.29, 1.82) is 0 Å². The second kappa shape index (κ2) is 9.46. The van der Waals surface area contributed by atoms with Gasteiger partial charge in [0.1, 0.15) is 0 Å². The summed E-state index contributed by atoms with van der Waals surface area (Å²) in [6.45, 7) is 16.5. The molecule has 0 heterocycles. The van der Waals surface area contributed by atoms with E-state index in [0.29, 0.717) is 18.0 Å². The van der Waals surface area contributed by atoms with E-state index in [4.69, 9.17) is 0 Å². The monoisotopic (exact) mass is 568 g/mol. The first-order valence-electron chi connectivity index (χ1n) is 15.9. The van der Waals surface area contributed by atoms with Crippen molar-refractivity contribution in [2.24, 2.45) is 27.6 Å². The standard InChI is InChI=1S/C37H48N2O3/c1-23-8-10-25(11-9-23)22-38-32(42)39-34(4)16-14-33(3)15-18-36(6)29-13-12-26-24(2)31(41)28(40)20-27(26)35(29,5)17-19-37(36,7)30(33)21-34/h8-13,20,30,41H,14-19,21-22H2,1-7H3,(H2,38,39,42)/t30-,33-,34-,35+,36-,37+/m1/s1. The lowest BCUT2D eigenvalue weighted by Gasteiger charge is -2.70. The summed E-state index contributed by atoms with van der Waals surface area (Å²) in [4.78, 5) is 25.9. The molecular formula is C37H48N2O3. The molecule has 0 bridgehead atoms. The number of benzene rings is 1. The highest BCUT2D eigenvalue weighted by Gasteiger charge is 2.66. The van der Waals surface area contributed by atoms with Gasteiger partial charge in [-0.15, -0.1) is 0 Å². The molecule has 6 atom stereocenters. The van der Waals surface area contributed by atoms with Gasteiger partial charge >= 0.3 is 6.03 Å². The first-order valence-corrected chi connectivity index (χ1v) is 15.9. The van der Waals surface area contributed by atoms with Gasteiger partial charge in [0.05, 0.1) is 0 Å². The molecule has 5 aliphatic rings. The number of hydrogen-bond donors (Lipinski definition) is 3. The number of ketones is 1. The van der Waals surface area contributed by atoms with Gasteiger partial charge in [-0.25, -0.2) is 4.79 Å². The number of fused-ring (bicyclic) bond motifs is 7. The highest BCUT2D eigenvalue weighted by molar-refractivity contribution is 6.06. The lowest BCUT2D eigenvalue weighted by Crippen LogP contribution is -2.64. The third-order valence-corrected chi connectivity index (χ3v) is 12.9. The molecule has 3 N–H and O–H groups in total. The van der Waals surface area contributed by atoms with Crippen LogP contribution in [0.1, 0.15) is 97.6 Å². The van der Waals surface area contributed by atoms with Gasteiger partial charge in [-0.2, -0.15) is 0 Å². The van der Waals surface area contributed by atoms with Gasteiger partial charge in [-0.05, 0) is 111 Å². The molecule has 6 rings (SSSR count). The number of carbonyl (C=O) groups excluding carboxylic acids is 2. The molecular weight excluding hydrogens is 520 g/mol. The van der Waals surface area contributed by atoms with Crippen LogP contribution in [0.5, 0.6) is 0 Å². The van der Waals surface area contributed by atoms with Crippen molar-refractivity contribution in [3.05, 3.63) is 81.7 Å². The number of amides is 2. The van der Waals surface area contributed by atoms with Crippen LogP contribution in [0.4, 0.5) is 4.79 Å². The molecule has 224 valence electrons. The number of aliphatic hydroxyl groups is 1. The van der Waals surface area contributed by atoms with Crippen LogP contribution in [0.25, 0.3) is 0 Å². The van der Waals surface area contributed by atoms with E-state index in [1.807, 2.05) is 6.92 Å². The Bertz CT molecular complexity index is 1480. The molecule has 2 amide bonds. The Morgan fingerprint density at radius 2 is 1.62 bits per heavy atom. The van der Waals surface area contributed by atoms with Crippen molar-refractivity contribution in [1.82, 2.24) is 10.6 Å². The molecule has 5 aliphatic carbocycles. The molecule has 0 saturated heterocycles. The zero-order chi connectivity index (χ0) is 30.3. The average molecular weight is 569 g/mol. The number of urea groups is 1. The number of aryl methyl sites for hydroxylation is 1. The third-order valence-electron chi connectivity index (χ3n) is 12.9.